The average molecular weight is 599 g/mol. The van der Waals surface area contributed by atoms with Crippen LogP contribution in [0.2, 0.25) is 0 Å². The van der Waals surface area contributed by atoms with Crippen molar-refractivity contribution in [3.05, 3.63) is 123 Å². The lowest BCUT2D eigenvalue weighted by molar-refractivity contribution is 0.285. The summed E-state index contributed by atoms with van der Waals surface area (Å²) in [6.07, 6.45) is 4.65. The summed E-state index contributed by atoms with van der Waals surface area (Å²) in [4.78, 5) is 0. The van der Waals surface area contributed by atoms with Crippen LogP contribution in [-0.2, 0) is 26.1 Å². The van der Waals surface area contributed by atoms with E-state index in [2.05, 4.69) is 100 Å². The van der Waals surface area contributed by atoms with Gasteiger partial charge in [0.05, 0.1) is 0 Å². The van der Waals surface area contributed by atoms with Crippen LogP contribution < -0.4 is 20.2 Å². The first-order chi connectivity index (χ1) is 19.5. The zero-order valence-corrected chi connectivity index (χ0v) is 24.7. The zero-order valence-electron chi connectivity index (χ0n) is 23.1. The molecule has 0 aliphatic carbocycles. The minimum atomic E-state index is 0.0960. The number of aryl methyl sites for hydroxylation is 1. The van der Waals surface area contributed by atoms with Crippen LogP contribution in [0, 0.1) is 0 Å². The molecule has 0 aromatic heterocycles. The monoisotopic (exact) mass is 597 g/mol. The van der Waals surface area contributed by atoms with Crippen molar-refractivity contribution in [2.45, 2.75) is 58.4 Å². The Bertz CT molecular complexity index is 1420. The maximum Gasteiger partial charge on any atom is 0.127 e. The summed E-state index contributed by atoms with van der Waals surface area (Å²) in [5.41, 5.74) is 10.3. The molecule has 1 aliphatic rings. The van der Waals surface area contributed by atoms with Gasteiger partial charge in [0, 0.05) is 34.4 Å². The summed E-state index contributed by atoms with van der Waals surface area (Å²) < 4.78 is 13.8. The van der Waals surface area contributed by atoms with Gasteiger partial charge in [0.15, 0.2) is 0 Å². The van der Waals surface area contributed by atoms with Gasteiger partial charge in [-0.3, -0.25) is 5.43 Å². The van der Waals surface area contributed by atoms with E-state index in [0.29, 0.717) is 25.6 Å². The van der Waals surface area contributed by atoms with Gasteiger partial charge in [-0.15, -0.1) is 0 Å². The van der Waals surface area contributed by atoms with Gasteiger partial charge < -0.3 is 14.8 Å². The molecule has 0 saturated carbocycles. The Morgan fingerprint density at radius 3 is 2.25 bits per heavy atom. The minimum absolute atomic E-state index is 0.0960. The largest absolute Gasteiger partial charge is 0.488 e. The van der Waals surface area contributed by atoms with E-state index in [0.717, 1.165) is 56.8 Å². The van der Waals surface area contributed by atoms with Crippen molar-refractivity contribution >= 4 is 27.8 Å². The molecular formula is C34H36BrN3O2. The predicted octanol–water partition coefficient (Wildman–Crippen LogP) is 8.23. The third kappa shape index (κ3) is 7.45. The topological polar surface area (TPSA) is 54.9 Å². The summed E-state index contributed by atoms with van der Waals surface area (Å²) in [6, 6.07) is 31.1. The number of hydrogen-bond donors (Lipinski definition) is 2. The van der Waals surface area contributed by atoms with Gasteiger partial charge in [0.25, 0.3) is 0 Å². The van der Waals surface area contributed by atoms with E-state index in [1.54, 1.807) is 0 Å². The van der Waals surface area contributed by atoms with E-state index in [-0.39, 0.29) is 6.17 Å². The lowest BCUT2D eigenvalue weighted by Crippen LogP contribution is -2.36. The van der Waals surface area contributed by atoms with Crippen molar-refractivity contribution in [3.8, 4) is 11.5 Å². The van der Waals surface area contributed by atoms with Crippen LogP contribution in [0.25, 0.3) is 0 Å². The van der Waals surface area contributed by atoms with Gasteiger partial charge >= 0.3 is 0 Å². The molecule has 40 heavy (non-hydrogen) atoms. The van der Waals surface area contributed by atoms with Crippen LogP contribution >= 0.6 is 15.9 Å². The van der Waals surface area contributed by atoms with Gasteiger partial charge in [-0.1, -0.05) is 90.4 Å². The number of anilines is 1. The SMILES string of the molecule is CC(C)c1cc(CC=NNC2CCc3cc(Br)ccc3N2)c(OCc2ccccc2)cc1OCc1ccccc1. The van der Waals surface area contributed by atoms with Crippen molar-refractivity contribution in [1.82, 2.24) is 5.43 Å². The quantitative estimate of drug-likeness (QED) is 0.135. The van der Waals surface area contributed by atoms with Crippen LogP contribution in [-0.4, -0.2) is 12.4 Å². The molecule has 1 unspecified atom stereocenters. The fourth-order valence-electron chi connectivity index (χ4n) is 4.82. The van der Waals surface area contributed by atoms with Crippen LogP contribution in [0.15, 0.2) is 101 Å². The number of benzene rings is 4. The summed E-state index contributed by atoms with van der Waals surface area (Å²) in [5.74, 6) is 1.98. The van der Waals surface area contributed by atoms with Crippen LogP contribution in [0.3, 0.4) is 0 Å². The van der Waals surface area contributed by atoms with Crippen molar-refractivity contribution in [2.24, 2.45) is 5.10 Å². The Labute approximate surface area is 245 Å². The lowest BCUT2D eigenvalue weighted by Gasteiger charge is -2.26. The second kappa shape index (κ2) is 13.5. The Morgan fingerprint density at radius 1 is 0.900 bits per heavy atom. The summed E-state index contributed by atoms with van der Waals surface area (Å²) >= 11 is 3.56. The van der Waals surface area contributed by atoms with Crippen LogP contribution in [0.4, 0.5) is 5.69 Å². The standard InChI is InChI=1S/C34H36BrN3O2/c1-24(2)30-20-28(17-18-36-38-34-16-13-27-19-29(35)14-15-31(27)37-34)32(39-22-25-9-5-3-6-10-25)21-33(30)40-23-26-11-7-4-8-12-26/h3-12,14-15,18-21,24,34,37-38H,13,16-17,22-23H2,1-2H3. The lowest BCUT2D eigenvalue weighted by atomic mass is 9.97. The van der Waals surface area contributed by atoms with E-state index in [1.807, 2.05) is 42.6 Å². The molecule has 2 N–H and O–H groups in total. The maximum atomic E-state index is 6.37. The Balaban J connectivity index is 1.31. The van der Waals surface area contributed by atoms with Gasteiger partial charge in [0.2, 0.25) is 0 Å². The Morgan fingerprint density at radius 2 is 1.57 bits per heavy atom. The first-order valence-corrected chi connectivity index (χ1v) is 14.7. The number of nitrogens with one attached hydrogen (secondary N) is 2. The minimum Gasteiger partial charge on any atom is -0.488 e. The van der Waals surface area contributed by atoms with Gasteiger partial charge in [-0.2, -0.15) is 5.10 Å². The summed E-state index contributed by atoms with van der Waals surface area (Å²) in [6.45, 7) is 5.39. The number of rotatable bonds is 11. The molecule has 0 spiro atoms. The number of halogens is 1. The van der Waals surface area contributed by atoms with Crippen molar-refractivity contribution in [1.29, 1.82) is 0 Å². The summed E-state index contributed by atoms with van der Waals surface area (Å²) in [7, 11) is 0. The van der Waals surface area contributed by atoms with E-state index in [9.17, 15) is 0 Å². The third-order valence-electron chi connectivity index (χ3n) is 7.02. The molecule has 5 nitrogen and oxygen atoms in total. The molecule has 4 aromatic carbocycles. The molecule has 0 bridgehead atoms. The van der Waals surface area contributed by atoms with E-state index in [1.165, 1.54) is 5.56 Å². The highest BCUT2D eigenvalue weighted by Crippen LogP contribution is 2.35. The van der Waals surface area contributed by atoms with Crippen molar-refractivity contribution in [2.75, 3.05) is 5.32 Å². The maximum absolute atomic E-state index is 6.37. The Hall–Kier alpha value is -3.77. The van der Waals surface area contributed by atoms with E-state index >= 15 is 0 Å². The van der Waals surface area contributed by atoms with Crippen LogP contribution in [0.1, 0.15) is 54.0 Å². The average Bonchev–Trinajstić information content (AvgIpc) is 2.98. The normalized spacial score (nSPS) is 14.6. The fourth-order valence-corrected chi connectivity index (χ4v) is 5.23. The van der Waals surface area contributed by atoms with Gasteiger partial charge in [0.1, 0.15) is 30.9 Å². The number of hydrogen-bond acceptors (Lipinski definition) is 5. The molecule has 0 saturated heterocycles. The highest BCUT2D eigenvalue weighted by molar-refractivity contribution is 9.10. The predicted molar refractivity (Wildman–Crippen MR) is 167 cm³/mol. The number of hydrazone groups is 1. The molecule has 1 heterocycles. The van der Waals surface area contributed by atoms with Crippen LogP contribution in [0.5, 0.6) is 11.5 Å². The number of fused-ring (bicyclic) bond motifs is 1. The highest BCUT2D eigenvalue weighted by Gasteiger charge is 2.18. The molecule has 1 atom stereocenters. The molecule has 0 fully saturated rings. The van der Waals surface area contributed by atoms with E-state index < -0.39 is 0 Å². The van der Waals surface area contributed by atoms with Gasteiger partial charge in [-0.05, 0) is 65.3 Å². The molecule has 0 amide bonds. The smallest absolute Gasteiger partial charge is 0.127 e. The Kier molecular flexibility index (Phi) is 9.40. The summed E-state index contributed by atoms with van der Waals surface area (Å²) in [5, 5.41) is 8.12. The second-order valence-corrected chi connectivity index (χ2v) is 11.3. The molecular weight excluding hydrogens is 562 g/mol. The number of ether oxygens (including phenoxy) is 2. The van der Waals surface area contributed by atoms with Crippen molar-refractivity contribution < 1.29 is 9.47 Å². The highest BCUT2D eigenvalue weighted by atomic mass is 79.9. The van der Waals surface area contributed by atoms with E-state index in [4.69, 9.17) is 9.47 Å². The zero-order chi connectivity index (χ0) is 27.7. The fraction of sp³-hybridized carbons (Fsp3) is 0.265. The molecule has 0 radical (unpaired) electrons. The molecule has 6 heteroatoms. The molecule has 1 aliphatic heterocycles. The first kappa shape index (κ1) is 27.8. The van der Waals surface area contributed by atoms with Gasteiger partial charge in [-0.25, -0.2) is 0 Å². The van der Waals surface area contributed by atoms with Crippen molar-refractivity contribution in [3.63, 3.8) is 0 Å². The molecule has 5 rings (SSSR count). The molecule has 4 aromatic rings. The second-order valence-electron chi connectivity index (χ2n) is 10.4. The third-order valence-corrected chi connectivity index (χ3v) is 7.51. The molecule has 206 valence electrons. The first-order valence-electron chi connectivity index (χ1n) is 13.9. The number of nitrogens with zero attached hydrogens (tertiary/aromatic N) is 1.